The number of imidazole rings is 1. The molecule has 2 rings (SSSR count). The van der Waals surface area contributed by atoms with Gasteiger partial charge < -0.3 is 4.98 Å². The van der Waals surface area contributed by atoms with Gasteiger partial charge in [0.05, 0.1) is 17.4 Å². The van der Waals surface area contributed by atoms with Crippen molar-refractivity contribution in [1.82, 2.24) is 9.97 Å². The Labute approximate surface area is 87.9 Å². The van der Waals surface area contributed by atoms with Crippen LogP contribution in [0.4, 0.5) is 0 Å². The molecule has 0 aliphatic heterocycles. The van der Waals surface area contributed by atoms with Gasteiger partial charge in [-0.05, 0) is 24.5 Å². The van der Waals surface area contributed by atoms with Crippen LogP contribution >= 0.6 is 11.8 Å². The standard InChI is InChI=1S/C8H8N2S.Zn/c1-11-6-2-3-7-8(4-6)10-5-9-7;/h2-5H,1H3,(H,9,10);/q;+2. The molecule has 56 valence electrons. The molecular weight excluding hydrogens is 222 g/mol. The molecule has 2 nitrogen and oxygen atoms in total. The van der Waals surface area contributed by atoms with Crippen molar-refractivity contribution in [1.29, 1.82) is 0 Å². The van der Waals surface area contributed by atoms with E-state index < -0.39 is 0 Å². The minimum Gasteiger partial charge on any atom is -0.345 e. The van der Waals surface area contributed by atoms with E-state index in [0.29, 0.717) is 0 Å². The number of hydrogen-bond acceptors (Lipinski definition) is 2. The van der Waals surface area contributed by atoms with E-state index in [1.54, 1.807) is 18.1 Å². The fourth-order valence-corrected chi connectivity index (χ4v) is 1.48. The number of nitrogens with one attached hydrogen (secondary N) is 1. The van der Waals surface area contributed by atoms with Crippen molar-refractivity contribution in [2.75, 3.05) is 6.26 Å². The molecule has 12 heavy (non-hydrogen) atoms. The maximum Gasteiger partial charge on any atom is 2.00 e. The molecule has 0 fully saturated rings. The van der Waals surface area contributed by atoms with Crippen LogP contribution in [0.15, 0.2) is 29.4 Å². The van der Waals surface area contributed by atoms with E-state index in [1.807, 2.05) is 6.07 Å². The second-order valence-electron chi connectivity index (χ2n) is 2.29. The molecule has 1 heterocycles. The Morgan fingerprint density at radius 2 is 2.25 bits per heavy atom. The number of benzene rings is 1. The molecule has 1 N–H and O–H groups in total. The first kappa shape index (κ1) is 9.75. The average Bonchev–Trinajstić information content (AvgIpc) is 2.50. The summed E-state index contributed by atoms with van der Waals surface area (Å²) in [6.45, 7) is 0. The van der Waals surface area contributed by atoms with Crippen LogP contribution in [-0.4, -0.2) is 16.2 Å². The minimum atomic E-state index is 0. The maximum absolute atomic E-state index is 4.13. The summed E-state index contributed by atoms with van der Waals surface area (Å²) in [6, 6.07) is 6.21. The Bertz CT molecular complexity index is 372. The van der Waals surface area contributed by atoms with Gasteiger partial charge in [-0.1, -0.05) is 0 Å². The fourth-order valence-electron chi connectivity index (χ4n) is 1.04. The van der Waals surface area contributed by atoms with Crippen LogP contribution in [0.3, 0.4) is 0 Å². The van der Waals surface area contributed by atoms with Crippen LogP contribution < -0.4 is 0 Å². The third-order valence-electron chi connectivity index (χ3n) is 1.63. The predicted octanol–water partition coefficient (Wildman–Crippen LogP) is 2.28. The fraction of sp³-hybridized carbons (Fsp3) is 0.125. The van der Waals surface area contributed by atoms with E-state index in [9.17, 15) is 0 Å². The maximum atomic E-state index is 4.13. The Balaban J connectivity index is 0.000000720. The van der Waals surface area contributed by atoms with Crippen molar-refractivity contribution in [2.24, 2.45) is 0 Å². The van der Waals surface area contributed by atoms with Gasteiger partial charge in [0.1, 0.15) is 0 Å². The molecule has 0 saturated carbocycles. The van der Waals surface area contributed by atoms with E-state index >= 15 is 0 Å². The largest absolute Gasteiger partial charge is 2.00 e. The van der Waals surface area contributed by atoms with Gasteiger partial charge in [0, 0.05) is 4.90 Å². The molecule has 0 aliphatic carbocycles. The molecule has 0 bridgehead atoms. The van der Waals surface area contributed by atoms with E-state index in [0.717, 1.165) is 11.0 Å². The summed E-state index contributed by atoms with van der Waals surface area (Å²) in [4.78, 5) is 8.46. The molecule has 1 aromatic carbocycles. The zero-order valence-corrected chi connectivity index (χ0v) is 10.7. The van der Waals surface area contributed by atoms with Crippen LogP contribution in [0.2, 0.25) is 0 Å². The first-order chi connectivity index (χ1) is 5.40. The summed E-state index contributed by atoms with van der Waals surface area (Å²) in [5, 5.41) is 0. The average molecular weight is 230 g/mol. The number of aromatic nitrogens is 2. The van der Waals surface area contributed by atoms with Gasteiger partial charge in [-0.2, -0.15) is 0 Å². The van der Waals surface area contributed by atoms with E-state index in [1.165, 1.54) is 4.90 Å². The molecule has 0 saturated heterocycles. The number of rotatable bonds is 1. The summed E-state index contributed by atoms with van der Waals surface area (Å²) < 4.78 is 0. The van der Waals surface area contributed by atoms with Gasteiger partial charge in [0.2, 0.25) is 0 Å². The number of hydrogen-bond donors (Lipinski definition) is 1. The number of thioether (sulfide) groups is 1. The van der Waals surface area contributed by atoms with Gasteiger partial charge in [-0.15, -0.1) is 11.8 Å². The summed E-state index contributed by atoms with van der Waals surface area (Å²) in [5.74, 6) is 0. The zero-order valence-electron chi connectivity index (χ0n) is 6.87. The summed E-state index contributed by atoms with van der Waals surface area (Å²) >= 11 is 1.74. The van der Waals surface area contributed by atoms with Crippen molar-refractivity contribution < 1.29 is 19.5 Å². The van der Waals surface area contributed by atoms with Crippen LogP contribution in [0.25, 0.3) is 11.0 Å². The van der Waals surface area contributed by atoms with E-state index in [2.05, 4.69) is 28.4 Å². The molecule has 4 heteroatoms. The molecule has 0 amide bonds. The van der Waals surface area contributed by atoms with Crippen molar-refractivity contribution in [3.63, 3.8) is 0 Å². The molecular formula is C8H8N2SZn+2. The smallest absolute Gasteiger partial charge is 0.345 e. The normalized spacial score (nSPS) is 9.75. The van der Waals surface area contributed by atoms with Gasteiger partial charge in [-0.25, -0.2) is 4.98 Å². The Kier molecular flexibility index (Phi) is 3.30. The molecule has 0 aliphatic rings. The Morgan fingerprint density at radius 1 is 1.42 bits per heavy atom. The third kappa shape index (κ3) is 1.70. The SMILES string of the molecule is CSc1ccc2nc[nH]c2c1.[Zn+2]. The topological polar surface area (TPSA) is 28.7 Å². The molecule has 2 aromatic rings. The number of aromatic amines is 1. The first-order valence-corrected chi connectivity index (χ1v) is 4.60. The van der Waals surface area contributed by atoms with Crippen molar-refractivity contribution in [3.05, 3.63) is 24.5 Å². The van der Waals surface area contributed by atoms with Crippen LogP contribution in [0.1, 0.15) is 0 Å². The number of fused-ring (bicyclic) bond motifs is 1. The minimum absolute atomic E-state index is 0. The van der Waals surface area contributed by atoms with Crippen LogP contribution in [0, 0.1) is 0 Å². The van der Waals surface area contributed by atoms with Crippen LogP contribution in [0.5, 0.6) is 0 Å². The summed E-state index contributed by atoms with van der Waals surface area (Å²) in [6.07, 6.45) is 3.78. The first-order valence-electron chi connectivity index (χ1n) is 3.37. The predicted molar refractivity (Wildman–Crippen MR) is 47.9 cm³/mol. The molecule has 0 radical (unpaired) electrons. The van der Waals surface area contributed by atoms with Gasteiger partial charge >= 0.3 is 19.5 Å². The second kappa shape index (κ2) is 4.06. The van der Waals surface area contributed by atoms with E-state index in [-0.39, 0.29) is 19.5 Å². The van der Waals surface area contributed by atoms with Crippen molar-refractivity contribution >= 4 is 22.8 Å². The van der Waals surface area contributed by atoms with Gasteiger partial charge in [-0.3, -0.25) is 0 Å². The third-order valence-corrected chi connectivity index (χ3v) is 2.35. The molecule has 0 spiro atoms. The zero-order chi connectivity index (χ0) is 7.68. The molecule has 1 aromatic heterocycles. The van der Waals surface area contributed by atoms with Crippen LogP contribution in [-0.2, 0) is 19.5 Å². The summed E-state index contributed by atoms with van der Waals surface area (Å²) in [5.41, 5.74) is 2.14. The Hall–Kier alpha value is -0.337. The summed E-state index contributed by atoms with van der Waals surface area (Å²) in [7, 11) is 0. The van der Waals surface area contributed by atoms with Gasteiger partial charge in [0.15, 0.2) is 0 Å². The van der Waals surface area contributed by atoms with Crippen molar-refractivity contribution in [3.8, 4) is 0 Å². The monoisotopic (exact) mass is 228 g/mol. The van der Waals surface area contributed by atoms with E-state index in [4.69, 9.17) is 0 Å². The molecule has 0 atom stereocenters. The van der Waals surface area contributed by atoms with Gasteiger partial charge in [0.25, 0.3) is 0 Å². The number of H-pyrrole nitrogens is 1. The molecule has 0 unspecified atom stereocenters. The Morgan fingerprint density at radius 3 is 3.00 bits per heavy atom. The second-order valence-corrected chi connectivity index (χ2v) is 3.17. The van der Waals surface area contributed by atoms with Crippen molar-refractivity contribution in [2.45, 2.75) is 4.90 Å². The quantitative estimate of drug-likeness (QED) is 0.600. The number of nitrogens with zero attached hydrogens (tertiary/aromatic N) is 1.